The maximum Gasteiger partial charge on any atom is 0.133 e. The highest BCUT2D eigenvalue weighted by atomic mass is 16.3. The number of carbonyl (C=O) groups excluding carboxylic acids is 1. The van der Waals surface area contributed by atoms with Crippen molar-refractivity contribution in [1.82, 2.24) is 0 Å². The summed E-state index contributed by atoms with van der Waals surface area (Å²) in [6, 6.07) is 0. The van der Waals surface area contributed by atoms with E-state index in [4.69, 9.17) is 0 Å². The summed E-state index contributed by atoms with van der Waals surface area (Å²) in [6.45, 7) is 4.05. The Kier molecular flexibility index (Phi) is 11.1. The van der Waals surface area contributed by atoms with Crippen LogP contribution in [0, 0.1) is 11.8 Å². The molecule has 0 radical (unpaired) electrons. The van der Waals surface area contributed by atoms with Gasteiger partial charge in [0.2, 0.25) is 0 Å². The molecule has 0 aliphatic heterocycles. The minimum absolute atomic E-state index is 0.263. The van der Waals surface area contributed by atoms with Crippen molar-refractivity contribution in [2.45, 2.75) is 77.7 Å². The van der Waals surface area contributed by atoms with E-state index in [9.17, 15) is 9.90 Å². The Morgan fingerprint density at radius 2 is 1.94 bits per heavy atom. The summed E-state index contributed by atoms with van der Waals surface area (Å²) in [5, 5.41) is 9.63. The molecule has 0 aromatic carbocycles. The summed E-state index contributed by atoms with van der Waals surface area (Å²) in [6.07, 6.45) is 7.65. The van der Waals surface area contributed by atoms with Gasteiger partial charge >= 0.3 is 0 Å². The molecule has 0 aromatic rings. The minimum atomic E-state index is -0.291. The predicted molar refractivity (Wildman–Crippen MR) is 71.7 cm³/mol. The Balaban J connectivity index is 3.45. The highest BCUT2D eigenvalue weighted by Crippen LogP contribution is 2.07. The van der Waals surface area contributed by atoms with Gasteiger partial charge in [-0.3, -0.25) is 4.79 Å². The van der Waals surface area contributed by atoms with E-state index in [2.05, 4.69) is 18.8 Å². The first-order valence-corrected chi connectivity index (χ1v) is 6.86. The van der Waals surface area contributed by atoms with E-state index in [1.165, 1.54) is 19.3 Å². The monoisotopic (exact) mass is 238 g/mol. The fourth-order valence-electron chi connectivity index (χ4n) is 1.57. The summed E-state index contributed by atoms with van der Waals surface area (Å²) in [5.74, 6) is 6.17. The third kappa shape index (κ3) is 11.5. The maximum atomic E-state index is 11.0. The number of carbonyl (C=O) groups is 1. The van der Waals surface area contributed by atoms with E-state index in [0.29, 0.717) is 25.7 Å². The molecule has 0 spiro atoms. The summed E-state index contributed by atoms with van der Waals surface area (Å²) in [5.41, 5.74) is 0. The number of Topliss-reactive ketones (excluding diaryl/α,β-unsaturated/α-hetero) is 1. The van der Waals surface area contributed by atoms with Crippen molar-refractivity contribution in [3.05, 3.63) is 0 Å². The highest BCUT2D eigenvalue weighted by molar-refractivity contribution is 5.78. The van der Waals surface area contributed by atoms with Gasteiger partial charge < -0.3 is 5.11 Å². The minimum Gasteiger partial charge on any atom is -0.392 e. The van der Waals surface area contributed by atoms with Crippen molar-refractivity contribution < 1.29 is 9.90 Å². The molecule has 0 saturated heterocycles. The van der Waals surface area contributed by atoms with Gasteiger partial charge in [-0.25, -0.2) is 0 Å². The second-order valence-electron chi connectivity index (χ2n) is 4.45. The molecular weight excluding hydrogens is 212 g/mol. The lowest BCUT2D eigenvalue weighted by Gasteiger charge is -2.05. The van der Waals surface area contributed by atoms with Gasteiger partial charge in [-0.1, -0.05) is 39.5 Å². The molecule has 0 aliphatic rings. The maximum absolute atomic E-state index is 11.0. The molecule has 0 bridgehead atoms. The van der Waals surface area contributed by atoms with E-state index in [0.717, 1.165) is 12.8 Å². The van der Waals surface area contributed by atoms with Crippen molar-refractivity contribution in [1.29, 1.82) is 0 Å². The number of rotatable bonds is 9. The molecule has 17 heavy (non-hydrogen) atoms. The zero-order valence-electron chi connectivity index (χ0n) is 11.3. The smallest absolute Gasteiger partial charge is 0.133 e. The van der Waals surface area contributed by atoms with Gasteiger partial charge in [0.1, 0.15) is 5.78 Å². The predicted octanol–water partition coefficient (Wildman–Crippen LogP) is 3.47. The van der Waals surface area contributed by atoms with E-state index >= 15 is 0 Å². The average molecular weight is 238 g/mol. The van der Waals surface area contributed by atoms with Crippen LogP contribution in [0.25, 0.3) is 0 Å². The van der Waals surface area contributed by atoms with Gasteiger partial charge in [0.15, 0.2) is 0 Å². The lowest BCUT2D eigenvalue weighted by molar-refractivity contribution is -0.118. The first-order chi connectivity index (χ1) is 8.20. The van der Waals surface area contributed by atoms with Crippen molar-refractivity contribution in [3.8, 4) is 11.8 Å². The average Bonchev–Trinajstić information content (AvgIpc) is 2.34. The molecule has 0 fully saturated rings. The largest absolute Gasteiger partial charge is 0.392 e. The molecule has 2 nitrogen and oxygen atoms in total. The third-order valence-corrected chi connectivity index (χ3v) is 2.78. The van der Waals surface area contributed by atoms with Gasteiger partial charge in [-0.2, -0.15) is 0 Å². The van der Waals surface area contributed by atoms with Crippen LogP contribution in [-0.2, 0) is 4.79 Å². The Morgan fingerprint density at radius 1 is 1.18 bits per heavy atom. The number of aliphatic hydroxyl groups excluding tert-OH is 1. The molecule has 0 aliphatic carbocycles. The Hall–Kier alpha value is -0.810. The van der Waals surface area contributed by atoms with Crippen LogP contribution in [0.3, 0.4) is 0 Å². The van der Waals surface area contributed by atoms with Crippen LogP contribution in [0.4, 0.5) is 0 Å². The standard InChI is InChI=1S/C15H26O2/c1-3-5-6-8-12-15(17)13-10-7-9-11-14(16)4-2/h15,17H,3-6,8-9,11-13H2,1-2H3. The van der Waals surface area contributed by atoms with Crippen molar-refractivity contribution >= 4 is 5.78 Å². The molecule has 0 amide bonds. The van der Waals surface area contributed by atoms with Crippen LogP contribution in [0.2, 0.25) is 0 Å². The quantitative estimate of drug-likeness (QED) is 0.493. The molecule has 0 saturated carbocycles. The fourth-order valence-corrected chi connectivity index (χ4v) is 1.57. The molecule has 0 aromatic heterocycles. The normalized spacial score (nSPS) is 11.7. The van der Waals surface area contributed by atoms with Gasteiger partial charge in [0.05, 0.1) is 6.10 Å². The van der Waals surface area contributed by atoms with E-state index in [1.54, 1.807) is 0 Å². The topological polar surface area (TPSA) is 37.3 Å². The molecule has 1 atom stereocenters. The second kappa shape index (κ2) is 11.7. The number of hydrogen-bond acceptors (Lipinski definition) is 2. The Bertz CT molecular complexity index is 247. The highest BCUT2D eigenvalue weighted by Gasteiger charge is 2.01. The number of aliphatic hydroxyl groups is 1. The molecular formula is C15H26O2. The molecule has 2 heteroatoms. The summed E-state index contributed by atoms with van der Waals surface area (Å²) in [4.78, 5) is 11.0. The van der Waals surface area contributed by atoms with Gasteiger partial charge in [-0.15, -0.1) is 11.8 Å². The van der Waals surface area contributed by atoms with Crippen LogP contribution in [-0.4, -0.2) is 17.0 Å². The molecule has 1 N–H and O–H groups in total. The zero-order chi connectivity index (χ0) is 12.9. The third-order valence-electron chi connectivity index (χ3n) is 2.78. The Morgan fingerprint density at radius 3 is 2.59 bits per heavy atom. The molecule has 0 heterocycles. The molecule has 98 valence electrons. The van der Waals surface area contributed by atoms with Gasteiger partial charge in [0.25, 0.3) is 0 Å². The van der Waals surface area contributed by atoms with Crippen LogP contribution in [0.5, 0.6) is 0 Å². The Labute approximate surface area is 106 Å². The van der Waals surface area contributed by atoms with E-state index in [-0.39, 0.29) is 11.9 Å². The van der Waals surface area contributed by atoms with Crippen LogP contribution < -0.4 is 0 Å². The number of hydrogen-bond donors (Lipinski definition) is 1. The van der Waals surface area contributed by atoms with Crippen molar-refractivity contribution in [2.75, 3.05) is 0 Å². The van der Waals surface area contributed by atoms with Crippen molar-refractivity contribution in [2.24, 2.45) is 0 Å². The van der Waals surface area contributed by atoms with Crippen molar-refractivity contribution in [3.63, 3.8) is 0 Å². The van der Waals surface area contributed by atoms with Crippen LogP contribution in [0.1, 0.15) is 71.6 Å². The van der Waals surface area contributed by atoms with Crippen LogP contribution >= 0.6 is 0 Å². The van der Waals surface area contributed by atoms with Gasteiger partial charge in [-0.05, 0) is 6.42 Å². The second-order valence-corrected chi connectivity index (χ2v) is 4.45. The first kappa shape index (κ1) is 16.2. The SMILES string of the molecule is CCCCCCC(O)CC#CCCC(=O)CC. The fraction of sp³-hybridized carbons (Fsp3) is 0.800. The molecule has 0 rings (SSSR count). The number of unbranched alkanes of at least 4 members (excludes halogenated alkanes) is 3. The lowest BCUT2D eigenvalue weighted by atomic mass is 10.1. The lowest BCUT2D eigenvalue weighted by Crippen LogP contribution is -2.04. The summed E-state index contributed by atoms with van der Waals surface area (Å²) < 4.78 is 0. The summed E-state index contributed by atoms with van der Waals surface area (Å²) >= 11 is 0. The number of ketones is 1. The van der Waals surface area contributed by atoms with Crippen LogP contribution in [0.15, 0.2) is 0 Å². The van der Waals surface area contributed by atoms with E-state index < -0.39 is 0 Å². The van der Waals surface area contributed by atoms with E-state index in [1.807, 2.05) is 6.92 Å². The zero-order valence-corrected chi connectivity index (χ0v) is 11.3. The molecule has 1 unspecified atom stereocenters. The first-order valence-electron chi connectivity index (χ1n) is 6.86. The summed E-state index contributed by atoms with van der Waals surface area (Å²) in [7, 11) is 0. The van der Waals surface area contributed by atoms with Gasteiger partial charge in [0, 0.05) is 25.7 Å².